The Balaban J connectivity index is 1.50. The van der Waals surface area contributed by atoms with Crippen LogP contribution < -0.4 is 11.1 Å². The molecule has 14 nitrogen and oxygen atoms in total. The number of unbranched alkanes of at least 4 members (excludes halogenated alkanes) is 2. The summed E-state index contributed by atoms with van der Waals surface area (Å²) >= 11 is 0. The fourth-order valence-electron chi connectivity index (χ4n) is 9.86. The van der Waals surface area contributed by atoms with Gasteiger partial charge in [0.2, 0.25) is 23.5 Å². The van der Waals surface area contributed by atoms with Crippen LogP contribution in [0.4, 0.5) is 0 Å². The lowest BCUT2D eigenvalue weighted by Crippen LogP contribution is -2.47. The van der Waals surface area contributed by atoms with Crippen LogP contribution in [0.2, 0.25) is 0 Å². The van der Waals surface area contributed by atoms with E-state index < -0.39 is 71.7 Å². The molecule has 0 radical (unpaired) electrons. The van der Waals surface area contributed by atoms with Gasteiger partial charge < -0.3 is 25.8 Å². The van der Waals surface area contributed by atoms with Crippen LogP contribution in [0.5, 0.6) is 0 Å². The number of ether oxygens (including phenoxy) is 1. The number of benzene rings is 2. The predicted octanol–water partition coefficient (Wildman–Crippen LogP) is 7.42. The number of hydrogen-bond acceptors (Lipinski definition) is 10. The third-order valence-electron chi connectivity index (χ3n) is 13.7. The second kappa shape index (κ2) is 28.8. The van der Waals surface area contributed by atoms with Gasteiger partial charge in [0, 0.05) is 69.2 Å². The summed E-state index contributed by atoms with van der Waals surface area (Å²) in [7, 11) is 0. The molecule has 2 aromatic carbocycles. The number of likely N-dealkylation sites (tertiary alicyclic amines) is 1. The van der Waals surface area contributed by atoms with Gasteiger partial charge in [-0.25, -0.2) is 0 Å². The molecular weight excluding hydrogens is 867 g/mol. The lowest BCUT2D eigenvalue weighted by atomic mass is 9.76. The molecule has 1 saturated heterocycles. The quantitative estimate of drug-likeness (QED) is 0.0612. The smallest absolute Gasteiger partial charge is 0.307 e. The molecule has 0 aromatic heterocycles. The van der Waals surface area contributed by atoms with Crippen molar-refractivity contribution in [1.29, 1.82) is 0 Å². The van der Waals surface area contributed by atoms with Crippen LogP contribution in [0.25, 0.3) is 0 Å². The maximum atomic E-state index is 15.0. The summed E-state index contributed by atoms with van der Waals surface area (Å²) in [6, 6.07) is 14.6. The number of nitrogens with one attached hydrogen (secondary N) is 1. The van der Waals surface area contributed by atoms with E-state index in [-0.39, 0.29) is 93.7 Å². The Hall–Kier alpha value is -5.37. The van der Waals surface area contributed by atoms with Gasteiger partial charge in [-0.3, -0.25) is 43.2 Å². The predicted molar refractivity (Wildman–Crippen MR) is 257 cm³/mol. The maximum absolute atomic E-state index is 15.0. The SMILES string of the molecule is CCCCC(CC(=O)C(CCCC)NC(=O)CCC(=O)C(=O)C(CCC)CC(=O)[C@@H]1C[C@@H](OCc2ccccc2)CN1C(=O)C(CC(=O)Cc1ccccc1CC(=O)O)C1CCCCC1)C(N)=O. The second-order valence-electron chi connectivity index (χ2n) is 19.0. The molecule has 4 N–H and O–H groups in total. The zero-order valence-electron chi connectivity index (χ0n) is 40.6. The fraction of sp³-hybridized carbons (Fsp3) is 0.611. The number of hydrogen-bond donors (Lipinski definition) is 3. The van der Waals surface area contributed by atoms with Gasteiger partial charge in [0.1, 0.15) is 5.78 Å². The highest BCUT2D eigenvalue weighted by atomic mass is 16.5. The molecule has 4 unspecified atom stereocenters. The Morgan fingerprint density at radius 3 is 2.03 bits per heavy atom. The van der Waals surface area contributed by atoms with Gasteiger partial charge in [-0.05, 0) is 54.7 Å². The van der Waals surface area contributed by atoms with Crippen molar-refractivity contribution >= 4 is 52.6 Å². The Bertz CT molecular complexity index is 2030. The standard InChI is InChI=1S/C54H75N3O11/c1-4-7-20-41(53(55)66)30-48(60)45(25-8-5-2)56-50(62)27-26-47(59)52(65)40(17-6-3)29-49(61)46-33-43(68-35-36-18-11-9-12-19-36)34-57(46)54(67)44(37-21-13-10-14-22-37)32-42(58)28-38-23-15-16-24-39(38)31-51(63)64/h9,11-12,15-16,18-19,23-24,37,40-41,43-46H,4-8,10,13-14,17,20-22,25-35H2,1-3H3,(H2,55,66)(H,56,62)(H,63,64)/t40?,41?,43-,44?,45?,46+/m1/s1. The molecule has 3 amide bonds. The van der Waals surface area contributed by atoms with Crippen LogP contribution >= 0.6 is 0 Å². The topological polar surface area (TPSA) is 224 Å². The van der Waals surface area contributed by atoms with Gasteiger partial charge in [-0.2, -0.15) is 0 Å². The molecular formula is C54H75N3O11. The highest BCUT2D eigenvalue weighted by molar-refractivity contribution is 6.38. The number of ketones is 5. The fourth-order valence-corrected chi connectivity index (χ4v) is 9.86. The number of aliphatic carboxylic acids is 1. The number of amides is 3. The van der Waals surface area contributed by atoms with Crippen LogP contribution in [0.3, 0.4) is 0 Å². The first kappa shape index (κ1) is 55.2. The highest BCUT2D eigenvalue weighted by Gasteiger charge is 2.45. The van der Waals surface area contributed by atoms with Crippen molar-refractivity contribution in [3.05, 3.63) is 71.3 Å². The van der Waals surface area contributed by atoms with Crippen molar-refractivity contribution < 1.29 is 53.0 Å². The van der Waals surface area contributed by atoms with E-state index in [4.69, 9.17) is 10.5 Å². The van der Waals surface area contributed by atoms with E-state index in [9.17, 15) is 48.3 Å². The summed E-state index contributed by atoms with van der Waals surface area (Å²) in [5.41, 5.74) is 7.63. The number of carbonyl (C=O) groups is 9. The van der Waals surface area contributed by atoms with Crippen LogP contribution in [-0.2, 0) is 67.3 Å². The van der Waals surface area contributed by atoms with Crippen LogP contribution in [0.1, 0.15) is 159 Å². The second-order valence-corrected chi connectivity index (χ2v) is 19.0. The van der Waals surface area contributed by atoms with E-state index >= 15 is 0 Å². The molecule has 372 valence electrons. The number of Topliss-reactive ketones (excluding diaryl/α,β-unsaturated/α-hetero) is 5. The molecule has 68 heavy (non-hydrogen) atoms. The molecule has 1 saturated carbocycles. The maximum Gasteiger partial charge on any atom is 0.307 e. The zero-order chi connectivity index (χ0) is 49.6. The molecule has 1 aliphatic carbocycles. The van der Waals surface area contributed by atoms with Gasteiger partial charge in [0.25, 0.3) is 0 Å². The van der Waals surface area contributed by atoms with Crippen molar-refractivity contribution in [2.45, 2.75) is 180 Å². The number of carboxylic acids is 1. The monoisotopic (exact) mass is 942 g/mol. The minimum atomic E-state index is -1.01. The van der Waals surface area contributed by atoms with E-state index in [0.717, 1.165) is 56.9 Å². The zero-order valence-corrected chi connectivity index (χ0v) is 40.6. The molecule has 4 rings (SSSR count). The van der Waals surface area contributed by atoms with Gasteiger partial charge in [0.05, 0.1) is 31.2 Å². The minimum Gasteiger partial charge on any atom is -0.481 e. The van der Waals surface area contributed by atoms with Gasteiger partial charge in [-0.15, -0.1) is 0 Å². The lowest BCUT2D eigenvalue weighted by molar-refractivity contribution is -0.145. The Labute approximate surface area is 402 Å². The van der Waals surface area contributed by atoms with E-state index in [1.165, 1.54) is 4.90 Å². The molecule has 2 fully saturated rings. The number of nitrogens with zero attached hydrogens (tertiary/aromatic N) is 1. The van der Waals surface area contributed by atoms with Crippen molar-refractivity contribution in [3.63, 3.8) is 0 Å². The highest BCUT2D eigenvalue weighted by Crippen LogP contribution is 2.36. The van der Waals surface area contributed by atoms with Crippen molar-refractivity contribution in [2.75, 3.05) is 6.54 Å². The van der Waals surface area contributed by atoms with Crippen LogP contribution in [-0.4, -0.2) is 87.3 Å². The van der Waals surface area contributed by atoms with Crippen molar-refractivity contribution in [3.8, 4) is 0 Å². The first-order valence-electron chi connectivity index (χ1n) is 25.1. The molecule has 14 heteroatoms. The van der Waals surface area contributed by atoms with E-state index in [0.29, 0.717) is 36.8 Å². The Morgan fingerprint density at radius 1 is 0.750 bits per heavy atom. The molecule has 0 spiro atoms. The number of rotatable bonds is 32. The molecule has 2 aromatic rings. The van der Waals surface area contributed by atoms with Gasteiger partial charge in [0.15, 0.2) is 17.3 Å². The van der Waals surface area contributed by atoms with E-state index in [1.807, 2.05) is 51.1 Å². The average molecular weight is 942 g/mol. The summed E-state index contributed by atoms with van der Waals surface area (Å²) < 4.78 is 6.32. The molecule has 1 aliphatic heterocycles. The lowest BCUT2D eigenvalue weighted by Gasteiger charge is -2.34. The number of carbonyl (C=O) groups excluding carboxylic acids is 8. The van der Waals surface area contributed by atoms with Crippen LogP contribution in [0.15, 0.2) is 54.6 Å². The largest absolute Gasteiger partial charge is 0.481 e. The average Bonchev–Trinajstić information content (AvgIpc) is 3.77. The molecule has 0 bridgehead atoms. The third kappa shape index (κ3) is 17.6. The first-order valence-corrected chi connectivity index (χ1v) is 25.1. The third-order valence-corrected chi connectivity index (χ3v) is 13.7. The molecule has 6 atom stereocenters. The van der Waals surface area contributed by atoms with Crippen molar-refractivity contribution in [1.82, 2.24) is 10.2 Å². The van der Waals surface area contributed by atoms with Crippen LogP contribution in [0, 0.1) is 23.7 Å². The van der Waals surface area contributed by atoms with Crippen molar-refractivity contribution in [2.24, 2.45) is 29.4 Å². The summed E-state index contributed by atoms with van der Waals surface area (Å²) in [4.78, 5) is 122. The molecule has 2 aliphatic rings. The number of primary amides is 1. The van der Waals surface area contributed by atoms with Gasteiger partial charge in [-0.1, -0.05) is 127 Å². The number of nitrogens with two attached hydrogens (primary N) is 1. The first-order chi connectivity index (χ1) is 32.6. The number of carboxylic acid groups (broad SMARTS) is 1. The summed E-state index contributed by atoms with van der Waals surface area (Å²) in [5.74, 6) is -7.40. The summed E-state index contributed by atoms with van der Waals surface area (Å²) in [6.45, 7) is 6.11. The Kier molecular flexibility index (Phi) is 23.4. The minimum absolute atomic E-state index is 0.0321. The van der Waals surface area contributed by atoms with E-state index in [2.05, 4.69) is 5.32 Å². The van der Waals surface area contributed by atoms with Gasteiger partial charge >= 0.3 is 5.97 Å². The summed E-state index contributed by atoms with van der Waals surface area (Å²) in [5, 5.41) is 12.2. The van der Waals surface area contributed by atoms with E-state index in [1.54, 1.807) is 24.3 Å². The summed E-state index contributed by atoms with van der Waals surface area (Å²) in [6.07, 6.45) is 6.97. The Morgan fingerprint density at radius 2 is 1.40 bits per heavy atom. The molecule has 1 heterocycles. The normalized spacial score (nSPS) is 18.0.